The van der Waals surface area contributed by atoms with Gasteiger partial charge in [0.15, 0.2) is 119 Å². The zero-order chi connectivity index (χ0) is 102. The van der Waals surface area contributed by atoms with Gasteiger partial charge in [0, 0.05) is 78.1 Å². The molecule has 0 amide bonds. The topological polar surface area (TPSA) is 145 Å². The number of aromatic hydroxyl groups is 2. The Morgan fingerprint density at radius 3 is 1.13 bits per heavy atom. The fourth-order valence-electron chi connectivity index (χ4n) is 12.2. The Morgan fingerprint density at radius 2 is 0.800 bits per heavy atom. The van der Waals surface area contributed by atoms with Gasteiger partial charge in [-0.15, -0.1) is 12.4 Å². The van der Waals surface area contributed by atoms with E-state index >= 15 is 0 Å². The molecule has 0 aliphatic carbocycles. The monoisotopic (exact) mass is 2200 g/mol. The largest absolute Gasteiger partial charge is 1.00 e. The van der Waals surface area contributed by atoms with E-state index in [4.69, 9.17) is 45.2 Å². The third kappa shape index (κ3) is 42.3. The quantitative estimate of drug-likeness (QED) is 0.0123. The summed E-state index contributed by atoms with van der Waals surface area (Å²) in [5.74, 6) is -31.2. The van der Waals surface area contributed by atoms with E-state index < -0.39 is 187 Å². The number of halogens is 27. The summed E-state index contributed by atoms with van der Waals surface area (Å²) in [4.78, 5) is 7.52. The number of alkyl halides is 5. The summed E-state index contributed by atoms with van der Waals surface area (Å²) < 4.78 is 366. The van der Waals surface area contributed by atoms with Crippen LogP contribution in [0.1, 0.15) is 145 Å². The first-order valence-corrected chi connectivity index (χ1v) is 45.2. The van der Waals surface area contributed by atoms with Gasteiger partial charge in [0.1, 0.15) is 74.8 Å². The fourth-order valence-corrected chi connectivity index (χ4v) is 12.5. The Kier molecular flexibility index (Phi) is 60.5. The standard InChI is InChI=1S/C23H17F7O.C16H13BrF4.C15H14F2.C12H13F3O2.C11H11F3O2.C7H5F3O.C6H3F3O.C5H8O.CH2O3.CH4.ClH.2K.H2P2S.H/c1-3-4-13-5-7-14(8-6-13)15-9-16(24)20(17(25)10-15)23(29,30)31-19-11-18(26)22(28)21(27)12(19)2;1-2-3-10-4-6-11(7-5-10)12-8-13(18)15(14(19)9-12)16(17,20)21;1-2-3-11-4-6-12(7-5-11)13-8-14(16)10-15(17)9-13;1-7-9(6-8(13)12(15)11(7)14)17-10-4-2-3-5-16-10;12-8-5-7(6-9(13)11(8)14)16-10-3-1-2-4-15-10;1-3-5(11)2-4(8)7(10)6(3)9;7-4-1-3(10)2-5(8)6(4)9;1-2-4-6-5-3-1;2-1-4-3;;;;;1-2-3;/h5-11H,3-4H2,1-2H3;4-9H,2-3H2,1H3;4-10H,2-3H2,1H3;6,10H,2-5H2,1H3;5-6,10H,1-4H2;2,11H,1H3;1-2,10H;2,4H,1,3,5H2;1,3H;1H4;1H;;;1H2;/q;;;;;;;;;;;2*+1;;-1/i/hT. The summed E-state index contributed by atoms with van der Waals surface area (Å²) in [6.07, 6.45) is 11.4. The molecule has 4 atom stereocenters. The van der Waals surface area contributed by atoms with E-state index in [0.717, 1.165) is 138 Å². The molecular weight excluding hydrogens is 2100 g/mol. The minimum absolute atomic E-state index is 0. The van der Waals surface area contributed by atoms with E-state index in [2.05, 4.69) is 44.2 Å². The molecule has 11 nitrogen and oxygen atoms in total. The summed E-state index contributed by atoms with van der Waals surface area (Å²) in [5, 5.41) is 25.7. The Bertz CT molecular complexity index is 5670. The van der Waals surface area contributed by atoms with Gasteiger partial charge in [0.25, 0.3) is 6.47 Å². The second-order valence-electron chi connectivity index (χ2n) is 29.0. The molecule has 0 bridgehead atoms. The zero-order valence-electron chi connectivity index (χ0n) is 77.2. The summed E-state index contributed by atoms with van der Waals surface area (Å²) in [7, 11) is 2.20. The maximum atomic E-state index is 14.5. The minimum Gasteiger partial charge on any atom is -1.00 e. The van der Waals surface area contributed by atoms with Crippen molar-refractivity contribution in [1.82, 2.24) is 0 Å². The van der Waals surface area contributed by atoms with E-state index in [-0.39, 0.29) is 170 Å². The van der Waals surface area contributed by atoms with Crippen LogP contribution in [0.5, 0.6) is 28.7 Å². The number of carbonyl (C=O) groups excluding carboxylic acids is 1. The second-order valence-corrected chi connectivity index (χ2v) is 32.8. The van der Waals surface area contributed by atoms with Gasteiger partial charge in [-0.1, -0.05) is 120 Å². The van der Waals surface area contributed by atoms with Crippen molar-refractivity contribution in [2.75, 3.05) is 19.8 Å². The van der Waals surface area contributed by atoms with E-state index in [0.29, 0.717) is 73.1 Å². The Balaban J connectivity index is 0.00000162. The second kappa shape index (κ2) is 65.8. The first-order valence-electron chi connectivity index (χ1n) is 41.3. The van der Waals surface area contributed by atoms with Gasteiger partial charge in [0.05, 0.1) is 35.0 Å². The molecule has 3 aliphatic heterocycles. The molecule has 3 heterocycles. The number of ether oxygens (including phenoxy) is 6. The maximum Gasteiger partial charge on any atom is 1.00 e. The number of hydrogen-bond donors (Lipinski definition) is 2. The zero-order valence-corrected chi connectivity index (χ0v) is 86.7. The van der Waals surface area contributed by atoms with Crippen LogP contribution in [-0.2, 0) is 65.9 Å². The number of aryl methyl sites for hydroxylation is 3. The maximum absolute atomic E-state index is 14.5. The summed E-state index contributed by atoms with van der Waals surface area (Å²) >= 11 is 6.30. The van der Waals surface area contributed by atoms with Crippen molar-refractivity contribution in [2.45, 2.75) is 162 Å². The predicted octanol–water partition coefficient (Wildman–Crippen LogP) is 24.1. The first-order chi connectivity index (χ1) is 64.6. The van der Waals surface area contributed by atoms with Gasteiger partial charge in [-0.05, 0) is 187 Å². The Labute approximate surface area is 903 Å². The molecule has 2 fully saturated rings. The van der Waals surface area contributed by atoms with Gasteiger partial charge in [0.2, 0.25) is 0 Å². The summed E-state index contributed by atoms with van der Waals surface area (Å²) in [5.41, 5.74) is 1.92. The van der Waals surface area contributed by atoms with E-state index in [9.17, 15) is 110 Å². The van der Waals surface area contributed by atoms with Gasteiger partial charge in [-0.2, -0.15) is 17.6 Å². The molecule has 11 aromatic rings. The molecule has 2 saturated heterocycles. The van der Waals surface area contributed by atoms with E-state index in [1.165, 1.54) is 37.5 Å². The first kappa shape index (κ1) is 129. The Morgan fingerprint density at radius 1 is 0.464 bits per heavy atom. The molecule has 43 heteroatoms. The summed E-state index contributed by atoms with van der Waals surface area (Å²) in [6, 6.07) is 32.8. The van der Waals surface area contributed by atoms with Crippen molar-refractivity contribution in [3.63, 3.8) is 0 Å². The molecule has 0 radical (unpaired) electrons. The van der Waals surface area contributed by atoms with Gasteiger partial charge < -0.3 is 50.2 Å². The third-order valence-electron chi connectivity index (χ3n) is 18.9. The molecule has 754 valence electrons. The smallest absolute Gasteiger partial charge is 1.00 e. The minimum atomic E-state index is -4.63. The number of hydrogen-bond acceptors (Lipinski definition) is 12. The van der Waals surface area contributed by atoms with Crippen LogP contribution in [-0.4, -0.2) is 50.4 Å². The molecule has 14 rings (SSSR count). The third-order valence-corrected chi connectivity index (χ3v) is 19.3. The normalized spacial score (nSPS) is 13.3. The molecule has 4 unspecified atom stereocenters. The predicted molar refractivity (Wildman–Crippen MR) is 484 cm³/mol. The fraction of sp³-hybridized carbons (Fsp3) is 0.289. The number of allylic oxidation sites excluding steroid dienone is 1. The van der Waals surface area contributed by atoms with Crippen molar-refractivity contribution in [2.24, 2.45) is 0 Å². The average molecular weight is 2200 g/mol. The Hall–Kier alpha value is -7.45. The number of benzene rings is 11. The van der Waals surface area contributed by atoms with Crippen molar-refractivity contribution in [3.05, 3.63) is 337 Å². The average Bonchev–Trinajstić information content (AvgIpc) is 0.742. The van der Waals surface area contributed by atoms with Crippen LogP contribution in [0, 0.1) is 143 Å². The number of rotatable bonds is 18. The van der Waals surface area contributed by atoms with Crippen molar-refractivity contribution in [1.29, 1.82) is 1.28 Å². The molecule has 140 heavy (non-hydrogen) atoms. The van der Waals surface area contributed by atoms with Crippen molar-refractivity contribution < 1.29 is 268 Å². The number of phenols is 2. The van der Waals surface area contributed by atoms with Crippen LogP contribution in [0.4, 0.5) is 110 Å². The number of carbonyl (C=O) groups is 1. The molecule has 2 N–H and O–H groups in total. The van der Waals surface area contributed by atoms with E-state index in [1.54, 1.807) is 42.7 Å². The van der Waals surface area contributed by atoms with Crippen LogP contribution >= 0.6 is 44.3 Å². The SMILES string of the molecule is C.C1=COCCC1.CCCc1ccc(-c2cc(F)c(C(F)(F)Br)c(F)c2)cc1.CCCc1ccc(-c2cc(F)c(C(F)(F)Oc3cc(F)c(F)c(F)c3C)c(F)c2)cc1.CCCc1ccc(-c2cc(F)cc(F)c2)cc1.Cc1c(O)cc(F)c(F)c1F.Cc1c(OC2CCCCO2)cc(F)c(F)c1F.Cl.Fc1cc(OC2CCCCO2)cc(F)c1F.O=CO[O-].Oc1cc(F)c(F)c(F)c1.[3H][P+](P)=S.[H-].[K+].[K+]. The van der Waals surface area contributed by atoms with Crippen molar-refractivity contribution in [3.8, 4) is 62.1 Å². The van der Waals surface area contributed by atoms with Gasteiger partial charge in [-0.25, -0.2) is 92.2 Å². The van der Waals surface area contributed by atoms with Crippen LogP contribution in [0.15, 0.2) is 170 Å². The van der Waals surface area contributed by atoms with Crippen LogP contribution in [0.3, 0.4) is 0 Å². The van der Waals surface area contributed by atoms with Gasteiger partial charge >= 0.3 is 115 Å². The van der Waals surface area contributed by atoms with E-state index in [1.807, 2.05) is 65.3 Å². The molecular formula is C97H94BrClF25K2O11P2S+. The molecule has 0 saturated carbocycles. The molecule has 0 aromatic heterocycles. The summed E-state index contributed by atoms with van der Waals surface area (Å²) in [6.45, 7) is 10.5. The number of phenolic OH excluding ortho intramolecular Hbond substituents is 2. The van der Waals surface area contributed by atoms with Crippen LogP contribution in [0.2, 0.25) is 0 Å². The van der Waals surface area contributed by atoms with Crippen LogP contribution in [0.25, 0.3) is 33.4 Å². The van der Waals surface area contributed by atoms with Crippen LogP contribution < -0.4 is 122 Å². The molecule has 3 aliphatic rings. The molecule has 0 spiro atoms. The van der Waals surface area contributed by atoms with Crippen molar-refractivity contribution >= 4 is 62.5 Å². The molecule has 11 aromatic carbocycles. The van der Waals surface area contributed by atoms with Gasteiger partial charge in [-0.3, -0.25) is 4.79 Å².